The number of rotatable bonds is 7. The summed E-state index contributed by atoms with van der Waals surface area (Å²) in [6, 6.07) is 7.87. The standard InChI is InChI=1S/C17H23N3O2S/c1-4-22-16-11-14(5-6-15(16)21-3)20-17(18-2)19-9-7-13-8-10-23-12-13/h5-6,8,10-12H,4,7,9H2,1-3H3,(H2,18,19,20). The second-order valence-corrected chi connectivity index (χ2v) is 5.58. The zero-order valence-electron chi connectivity index (χ0n) is 13.8. The van der Waals surface area contributed by atoms with E-state index in [0.29, 0.717) is 12.4 Å². The fourth-order valence-corrected chi connectivity index (χ4v) is 2.80. The van der Waals surface area contributed by atoms with Gasteiger partial charge in [-0.25, -0.2) is 0 Å². The Morgan fingerprint density at radius 3 is 2.78 bits per heavy atom. The first kappa shape index (κ1) is 17.1. The third kappa shape index (κ3) is 5.17. The van der Waals surface area contributed by atoms with Gasteiger partial charge < -0.3 is 20.1 Å². The molecule has 1 aromatic carbocycles. The number of nitrogens with one attached hydrogen (secondary N) is 2. The molecule has 1 aromatic heterocycles. The third-order valence-electron chi connectivity index (χ3n) is 3.24. The lowest BCUT2D eigenvalue weighted by molar-refractivity contribution is 0.311. The van der Waals surface area contributed by atoms with Crippen LogP contribution in [0.3, 0.4) is 0 Å². The minimum atomic E-state index is 0.591. The predicted molar refractivity (Wildman–Crippen MR) is 97.2 cm³/mol. The SMILES string of the molecule is CCOc1cc(NC(=NC)NCCc2ccsc2)ccc1OC. The molecule has 0 aliphatic heterocycles. The summed E-state index contributed by atoms with van der Waals surface area (Å²) in [5, 5.41) is 10.8. The summed E-state index contributed by atoms with van der Waals surface area (Å²) in [6.45, 7) is 3.36. The van der Waals surface area contributed by atoms with Crippen molar-refractivity contribution in [3.05, 3.63) is 40.6 Å². The number of ether oxygens (including phenoxy) is 2. The first-order chi connectivity index (χ1) is 11.3. The van der Waals surface area contributed by atoms with E-state index in [2.05, 4.69) is 32.5 Å². The molecule has 5 nitrogen and oxygen atoms in total. The monoisotopic (exact) mass is 333 g/mol. The molecule has 6 heteroatoms. The van der Waals surface area contributed by atoms with Crippen LogP contribution in [0, 0.1) is 0 Å². The lowest BCUT2D eigenvalue weighted by Crippen LogP contribution is -2.32. The van der Waals surface area contributed by atoms with Crippen LogP contribution in [0.2, 0.25) is 0 Å². The molecule has 0 aliphatic rings. The summed E-state index contributed by atoms with van der Waals surface area (Å²) in [6.07, 6.45) is 0.969. The molecule has 0 fully saturated rings. The molecule has 2 N–H and O–H groups in total. The molecule has 0 atom stereocenters. The van der Waals surface area contributed by atoms with Gasteiger partial charge in [0.1, 0.15) is 0 Å². The molecular weight excluding hydrogens is 310 g/mol. The number of hydrogen-bond acceptors (Lipinski definition) is 4. The van der Waals surface area contributed by atoms with Gasteiger partial charge in [0.25, 0.3) is 0 Å². The Kier molecular flexibility index (Phi) is 6.75. The van der Waals surface area contributed by atoms with E-state index in [1.54, 1.807) is 25.5 Å². The Morgan fingerprint density at radius 1 is 1.26 bits per heavy atom. The minimum Gasteiger partial charge on any atom is -0.493 e. The Morgan fingerprint density at radius 2 is 2.13 bits per heavy atom. The van der Waals surface area contributed by atoms with Crippen LogP contribution in [-0.4, -0.2) is 33.3 Å². The van der Waals surface area contributed by atoms with Gasteiger partial charge in [0, 0.05) is 25.3 Å². The van der Waals surface area contributed by atoms with Crippen molar-refractivity contribution in [3.63, 3.8) is 0 Å². The average Bonchev–Trinajstić information content (AvgIpc) is 3.08. The van der Waals surface area contributed by atoms with Gasteiger partial charge in [-0.2, -0.15) is 11.3 Å². The van der Waals surface area contributed by atoms with Gasteiger partial charge in [-0.05, 0) is 47.9 Å². The average molecular weight is 333 g/mol. The van der Waals surface area contributed by atoms with Crippen LogP contribution >= 0.6 is 11.3 Å². The van der Waals surface area contributed by atoms with Crippen LogP contribution in [0.1, 0.15) is 12.5 Å². The maximum absolute atomic E-state index is 5.59. The van der Waals surface area contributed by atoms with Gasteiger partial charge in [0.15, 0.2) is 17.5 Å². The van der Waals surface area contributed by atoms with Gasteiger partial charge in [0.05, 0.1) is 13.7 Å². The number of guanidine groups is 1. The van der Waals surface area contributed by atoms with Gasteiger partial charge >= 0.3 is 0 Å². The number of aliphatic imine (C=N–C) groups is 1. The molecule has 0 saturated carbocycles. The molecule has 0 spiro atoms. The van der Waals surface area contributed by atoms with Crippen molar-refractivity contribution in [3.8, 4) is 11.5 Å². The van der Waals surface area contributed by atoms with E-state index in [-0.39, 0.29) is 0 Å². The molecule has 0 radical (unpaired) electrons. The van der Waals surface area contributed by atoms with Crippen molar-refractivity contribution < 1.29 is 9.47 Å². The van der Waals surface area contributed by atoms with E-state index < -0.39 is 0 Å². The van der Waals surface area contributed by atoms with Crippen LogP contribution in [0.25, 0.3) is 0 Å². The minimum absolute atomic E-state index is 0.591. The molecule has 2 aromatic rings. The van der Waals surface area contributed by atoms with Gasteiger partial charge in [-0.1, -0.05) is 0 Å². The highest BCUT2D eigenvalue weighted by atomic mass is 32.1. The highest BCUT2D eigenvalue weighted by Gasteiger charge is 2.07. The lowest BCUT2D eigenvalue weighted by atomic mass is 10.2. The van der Waals surface area contributed by atoms with E-state index in [0.717, 1.165) is 30.4 Å². The van der Waals surface area contributed by atoms with E-state index >= 15 is 0 Å². The summed E-state index contributed by atoms with van der Waals surface area (Å²) in [5.41, 5.74) is 2.24. The summed E-state index contributed by atoms with van der Waals surface area (Å²) in [5.74, 6) is 2.17. The van der Waals surface area contributed by atoms with Crippen LogP contribution in [0.15, 0.2) is 40.0 Å². The molecule has 1 heterocycles. The summed E-state index contributed by atoms with van der Waals surface area (Å²) in [7, 11) is 3.39. The molecule has 23 heavy (non-hydrogen) atoms. The second-order valence-electron chi connectivity index (χ2n) is 4.80. The zero-order valence-corrected chi connectivity index (χ0v) is 14.6. The van der Waals surface area contributed by atoms with Crippen molar-refractivity contribution in [2.75, 3.05) is 32.6 Å². The summed E-state index contributed by atoms with van der Waals surface area (Å²) < 4.78 is 10.9. The highest BCUT2D eigenvalue weighted by molar-refractivity contribution is 7.07. The molecule has 0 saturated heterocycles. The number of thiophene rings is 1. The second kappa shape index (κ2) is 9.05. The fourth-order valence-electron chi connectivity index (χ4n) is 2.10. The molecule has 0 unspecified atom stereocenters. The van der Waals surface area contributed by atoms with Gasteiger partial charge in [-0.15, -0.1) is 0 Å². The van der Waals surface area contributed by atoms with E-state index in [1.807, 2.05) is 25.1 Å². The normalized spacial score (nSPS) is 11.2. The van der Waals surface area contributed by atoms with E-state index in [1.165, 1.54) is 5.56 Å². The Balaban J connectivity index is 1.94. The van der Waals surface area contributed by atoms with E-state index in [9.17, 15) is 0 Å². The van der Waals surface area contributed by atoms with Crippen LogP contribution in [0.4, 0.5) is 5.69 Å². The Labute approximate surface area is 141 Å². The quantitative estimate of drug-likeness (QED) is 0.602. The zero-order chi connectivity index (χ0) is 16.5. The first-order valence-corrected chi connectivity index (χ1v) is 8.50. The fraction of sp³-hybridized carbons (Fsp3) is 0.353. The summed E-state index contributed by atoms with van der Waals surface area (Å²) in [4.78, 5) is 4.25. The van der Waals surface area contributed by atoms with Crippen molar-refractivity contribution in [1.29, 1.82) is 0 Å². The van der Waals surface area contributed by atoms with Crippen molar-refractivity contribution >= 4 is 23.0 Å². The van der Waals surface area contributed by atoms with Crippen LogP contribution in [-0.2, 0) is 6.42 Å². The van der Waals surface area contributed by atoms with Crippen molar-refractivity contribution in [1.82, 2.24) is 5.32 Å². The number of methoxy groups -OCH3 is 1. The van der Waals surface area contributed by atoms with Gasteiger partial charge in [-0.3, -0.25) is 4.99 Å². The molecular formula is C17H23N3O2S. The van der Waals surface area contributed by atoms with Crippen molar-refractivity contribution in [2.24, 2.45) is 4.99 Å². The molecule has 2 rings (SSSR count). The maximum atomic E-state index is 5.59. The largest absolute Gasteiger partial charge is 0.493 e. The number of nitrogens with zero attached hydrogens (tertiary/aromatic N) is 1. The van der Waals surface area contributed by atoms with Crippen molar-refractivity contribution in [2.45, 2.75) is 13.3 Å². The third-order valence-corrected chi connectivity index (χ3v) is 3.97. The molecule has 124 valence electrons. The first-order valence-electron chi connectivity index (χ1n) is 7.56. The van der Waals surface area contributed by atoms with Crippen LogP contribution < -0.4 is 20.1 Å². The summed E-state index contributed by atoms with van der Waals surface area (Å²) >= 11 is 1.72. The lowest BCUT2D eigenvalue weighted by Gasteiger charge is -2.14. The predicted octanol–water partition coefficient (Wildman–Crippen LogP) is 3.39. The van der Waals surface area contributed by atoms with Crippen LogP contribution in [0.5, 0.6) is 11.5 Å². The van der Waals surface area contributed by atoms with E-state index in [4.69, 9.17) is 9.47 Å². The number of hydrogen-bond donors (Lipinski definition) is 2. The Hall–Kier alpha value is -2.21. The highest BCUT2D eigenvalue weighted by Crippen LogP contribution is 2.30. The number of anilines is 1. The molecule has 0 amide bonds. The smallest absolute Gasteiger partial charge is 0.195 e. The van der Waals surface area contributed by atoms with Gasteiger partial charge in [0.2, 0.25) is 0 Å². The topological polar surface area (TPSA) is 54.9 Å². The Bertz CT molecular complexity index is 627. The molecule has 0 aliphatic carbocycles. The molecule has 0 bridgehead atoms. The maximum Gasteiger partial charge on any atom is 0.195 e. The number of benzene rings is 1.